The van der Waals surface area contributed by atoms with Crippen molar-refractivity contribution in [3.05, 3.63) is 95.0 Å². The van der Waals surface area contributed by atoms with E-state index in [1.165, 1.54) is 12.1 Å². The number of carbonyl (C=O) groups excluding carboxylic acids is 1. The fourth-order valence-corrected chi connectivity index (χ4v) is 5.80. The van der Waals surface area contributed by atoms with Crippen LogP contribution in [0.5, 0.6) is 0 Å². The second kappa shape index (κ2) is 11.2. The molecule has 0 aliphatic carbocycles. The Kier molecular flexibility index (Phi) is 8.11. The largest absolute Gasteiger partial charge is 0.371 e. The van der Waals surface area contributed by atoms with Gasteiger partial charge in [-0.05, 0) is 61.7 Å². The van der Waals surface area contributed by atoms with Crippen molar-refractivity contribution in [1.29, 1.82) is 0 Å². The predicted molar refractivity (Wildman–Crippen MR) is 140 cm³/mol. The SMILES string of the molecule is CCN(Cc1ccccc1)C(=O)c1ccccc1N1CCC(NS(=O)(=O)c2ccc(Cl)cc2)CC1. The summed E-state index contributed by atoms with van der Waals surface area (Å²) >= 11 is 5.88. The molecule has 0 saturated carbocycles. The van der Waals surface area contributed by atoms with Crippen LogP contribution in [0.25, 0.3) is 0 Å². The molecule has 1 N–H and O–H groups in total. The number of nitrogens with zero attached hydrogens (tertiary/aromatic N) is 2. The molecule has 1 aliphatic rings. The topological polar surface area (TPSA) is 69.7 Å². The van der Waals surface area contributed by atoms with Gasteiger partial charge in [0.25, 0.3) is 5.91 Å². The van der Waals surface area contributed by atoms with Crippen molar-refractivity contribution in [2.45, 2.75) is 37.2 Å². The molecular formula is C27H30ClN3O3S. The van der Waals surface area contributed by atoms with Gasteiger partial charge in [-0.25, -0.2) is 13.1 Å². The van der Waals surface area contributed by atoms with Gasteiger partial charge in [0.1, 0.15) is 0 Å². The lowest BCUT2D eigenvalue weighted by Gasteiger charge is -2.35. The second-order valence-electron chi connectivity index (χ2n) is 8.66. The Morgan fingerprint density at radius 3 is 2.26 bits per heavy atom. The number of amides is 1. The van der Waals surface area contributed by atoms with Crippen LogP contribution in [0, 0.1) is 0 Å². The second-order valence-corrected chi connectivity index (χ2v) is 10.8. The van der Waals surface area contributed by atoms with E-state index in [0.717, 1.165) is 11.3 Å². The highest BCUT2D eigenvalue weighted by atomic mass is 35.5. The molecule has 6 nitrogen and oxygen atoms in total. The zero-order valence-electron chi connectivity index (χ0n) is 19.7. The van der Waals surface area contributed by atoms with E-state index >= 15 is 0 Å². The summed E-state index contributed by atoms with van der Waals surface area (Å²) in [6.45, 7) is 4.46. The average Bonchev–Trinajstić information content (AvgIpc) is 2.88. The van der Waals surface area contributed by atoms with Gasteiger partial charge in [0.05, 0.1) is 10.5 Å². The van der Waals surface area contributed by atoms with E-state index in [0.29, 0.717) is 49.6 Å². The van der Waals surface area contributed by atoms with Crippen LogP contribution in [0.4, 0.5) is 5.69 Å². The third kappa shape index (κ3) is 6.23. The maximum atomic E-state index is 13.5. The molecule has 3 aromatic rings. The van der Waals surface area contributed by atoms with Crippen molar-refractivity contribution in [3.8, 4) is 0 Å². The number of carbonyl (C=O) groups is 1. The molecule has 8 heteroatoms. The van der Waals surface area contributed by atoms with Crippen LogP contribution in [0.3, 0.4) is 0 Å². The molecule has 0 unspecified atom stereocenters. The van der Waals surface area contributed by atoms with E-state index in [-0.39, 0.29) is 16.8 Å². The Bertz CT molecular complexity index is 1240. The highest BCUT2D eigenvalue weighted by molar-refractivity contribution is 7.89. The third-order valence-electron chi connectivity index (χ3n) is 6.30. The molecule has 0 atom stereocenters. The first-order valence-corrected chi connectivity index (χ1v) is 13.7. The van der Waals surface area contributed by atoms with Crippen molar-refractivity contribution < 1.29 is 13.2 Å². The van der Waals surface area contributed by atoms with Crippen LogP contribution >= 0.6 is 11.6 Å². The standard InChI is InChI=1S/C27H30ClN3O3S/c1-2-30(20-21-8-4-3-5-9-21)27(32)25-10-6-7-11-26(25)31-18-16-23(17-19-31)29-35(33,34)24-14-12-22(28)13-15-24/h3-15,23,29H,2,16-20H2,1H3. The minimum absolute atomic E-state index is 0.00230. The van der Waals surface area contributed by atoms with Crippen LogP contribution in [-0.4, -0.2) is 44.9 Å². The normalized spacial score (nSPS) is 14.6. The summed E-state index contributed by atoms with van der Waals surface area (Å²) in [5.74, 6) is -0.00230. The molecule has 0 spiro atoms. The molecule has 0 radical (unpaired) electrons. The van der Waals surface area contributed by atoms with E-state index in [2.05, 4.69) is 9.62 Å². The summed E-state index contributed by atoms with van der Waals surface area (Å²) in [5.41, 5.74) is 2.66. The summed E-state index contributed by atoms with van der Waals surface area (Å²) in [7, 11) is -3.61. The number of anilines is 1. The van der Waals surface area contributed by atoms with E-state index < -0.39 is 10.0 Å². The zero-order chi connectivity index (χ0) is 24.8. The molecule has 1 heterocycles. The third-order valence-corrected chi connectivity index (χ3v) is 8.09. The van der Waals surface area contributed by atoms with Crippen LogP contribution in [-0.2, 0) is 16.6 Å². The number of hydrogen-bond acceptors (Lipinski definition) is 4. The monoisotopic (exact) mass is 511 g/mol. The van der Waals surface area contributed by atoms with Gasteiger partial charge in [-0.15, -0.1) is 0 Å². The molecule has 1 saturated heterocycles. The summed E-state index contributed by atoms with van der Waals surface area (Å²) in [6, 6.07) is 23.7. The summed E-state index contributed by atoms with van der Waals surface area (Å²) in [6.07, 6.45) is 1.30. The molecule has 1 amide bonds. The Morgan fingerprint density at radius 2 is 1.60 bits per heavy atom. The quantitative estimate of drug-likeness (QED) is 0.464. The molecule has 1 aliphatic heterocycles. The molecule has 0 bridgehead atoms. The van der Waals surface area contributed by atoms with Gasteiger partial charge in [-0.2, -0.15) is 0 Å². The summed E-state index contributed by atoms with van der Waals surface area (Å²) in [5, 5.41) is 0.496. The Balaban J connectivity index is 1.43. The number of hydrogen-bond donors (Lipinski definition) is 1. The maximum absolute atomic E-state index is 13.5. The van der Waals surface area contributed by atoms with Crippen LogP contribution in [0.15, 0.2) is 83.8 Å². The molecule has 1 fully saturated rings. The van der Waals surface area contributed by atoms with Gasteiger partial charge >= 0.3 is 0 Å². The van der Waals surface area contributed by atoms with E-state index in [1.54, 1.807) is 12.1 Å². The number of rotatable bonds is 8. The van der Waals surface area contributed by atoms with Crippen molar-refractivity contribution in [1.82, 2.24) is 9.62 Å². The number of nitrogens with one attached hydrogen (secondary N) is 1. The van der Waals surface area contributed by atoms with Gasteiger partial charge in [0.2, 0.25) is 10.0 Å². The van der Waals surface area contributed by atoms with Gasteiger partial charge in [-0.1, -0.05) is 54.1 Å². The zero-order valence-corrected chi connectivity index (χ0v) is 21.3. The Labute approximate surface area is 212 Å². The number of piperidine rings is 1. The van der Waals surface area contributed by atoms with Crippen molar-refractivity contribution in [3.63, 3.8) is 0 Å². The van der Waals surface area contributed by atoms with Crippen LogP contribution in [0.2, 0.25) is 5.02 Å². The summed E-state index contributed by atoms with van der Waals surface area (Å²) in [4.78, 5) is 17.7. The minimum atomic E-state index is -3.61. The molecular weight excluding hydrogens is 482 g/mol. The van der Waals surface area contributed by atoms with Crippen molar-refractivity contribution in [2.75, 3.05) is 24.5 Å². The van der Waals surface area contributed by atoms with Gasteiger partial charge in [-0.3, -0.25) is 4.79 Å². The molecule has 0 aromatic heterocycles. The molecule has 184 valence electrons. The van der Waals surface area contributed by atoms with Gasteiger partial charge in [0, 0.05) is 42.9 Å². The van der Waals surface area contributed by atoms with E-state index in [1.807, 2.05) is 66.4 Å². The lowest BCUT2D eigenvalue weighted by atomic mass is 10.0. The predicted octanol–water partition coefficient (Wildman–Crippen LogP) is 4.95. The lowest BCUT2D eigenvalue weighted by molar-refractivity contribution is 0.0753. The highest BCUT2D eigenvalue weighted by Crippen LogP contribution is 2.27. The van der Waals surface area contributed by atoms with Crippen molar-refractivity contribution >= 4 is 33.2 Å². The minimum Gasteiger partial charge on any atom is -0.371 e. The smallest absolute Gasteiger partial charge is 0.256 e. The van der Waals surface area contributed by atoms with Gasteiger partial charge in [0.15, 0.2) is 0 Å². The number of benzene rings is 3. The number of para-hydroxylation sites is 1. The number of halogens is 1. The fourth-order valence-electron chi connectivity index (χ4n) is 4.37. The van der Waals surface area contributed by atoms with Crippen LogP contribution in [0.1, 0.15) is 35.7 Å². The number of sulfonamides is 1. The fraction of sp³-hybridized carbons (Fsp3) is 0.296. The average molecular weight is 512 g/mol. The molecule has 35 heavy (non-hydrogen) atoms. The first-order valence-electron chi connectivity index (χ1n) is 11.8. The molecule has 4 rings (SSSR count). The van der Waals surface area contributed by atoms with Gasteiger partial charge < -0.3 is 9.80 Å². The molecule has 3 aromatic carbocycles. The van der Waals surface area contributed by atoms with E-state index in [9.17, 15) is 13.2 Å². The lowest BCUT2D eigenvalue weighted by Crippen LogP contribution is -2.45. The van der Waals surface area contributed by atoms with Crippen LogP contribution < -0.4 is 9.62 Å². The first-order chi connectivity index (χ1) is 16.9. The highest BCUT2D eigenvalue weighted by Gasteiger charge is 2.27. The maximum Gasteiger partial charge on any atom is 0.256 e. The summed E-state index contributed by atoms with van der Waals surface area (Å²) < 4.78 is 28.3. The Hall–Kier alpha value is -2.87. The van der Waals surface area contributed by atoms with E-state index in [4.69, 9.17) is 11.6 Å². The Morgan fingerprint density at radius 1 is 0.971 bits per heavy atom. The first kappa shape index (κ1) is 25.2. The van der Waals surface area contributed by atoms with Crippen molar-refractivity contribution in [2.24, 2.45) is 0 Å².